The molecule has 1 aliphatic rings. The molecule has 1 fully saturated rings. The minimum atomic E-state index is -0.526. The molecule has 0 saturated heterocycles. The van der Waals surface area contributed by atoms with Gasteiger partial charge in [-0.05, 0) is 31.4 Å². The van der Waals surface area contributed by atoms with Crippen molar-refractivity contribution in [3.63, 3.8) is 0 Å². The first-order valence-electron chi connectivity index (χ1n) is 6.41. The molecule has 0 aromatic carbocycles. The number of esters is 1. The lowest BCUT2D eigenvalue weighted by atomic mass is 10.1. The second-order valence-corrected chi connectivity index (χ2v) is 4.77. The van der Waals surface area contributed by atoms with E-state index in [0.717, 1.165) is 18.4 Å². The second-order valence-electron chi connectivity index (χ2n) is 4.77. The molecule has 1 aliphatic carbocycles. The van der Waals surface area contributed by atoms with E-state index in [-0.39, 0.29) is 24.3 Å². The molecule has 5 nitrogen and oxygen atoms in total. The van der Waals surface area contributed by atoms with Gasteiger partial charge in [-0.1, -0.05) is 6.07 Å². The van der Waals surface area contributed by atoms with Crippen molar-refractivity contribution in [1.29, 1.82) is 0 Å². The van der Waals surface area contributed by atoms with Crippen molar-refractivity contribution in [2.24, 2.45) is 0 Å². The van der Waals surface area contributed by atoms with Crippen molar-refractivity contribution in [3.05, 3.63) is 30.1 Å². The van der Waals surface area contributed by atoms with Gasteiger partial charge in [0.1, 0.15) is 6.04 Å². The molecule has 1 amide bonds. The van der Waals surface area contributed by atoms with Crippen LogP contribution in [0.2, 0.25) is 0 Å². The Hall–Kier alpha value is -1.91. The summed E-state index contributed by atoms with van der Waals surface area (Å²) in [5.74, 6) is -0.417. The largest absolute Gasteiger partial charge is 0.467 e. The van der Waals surface area contributed by atoms with Gasteiger partial charge in [0.25, 0.3) is 0 Å². The van der Waals surface area contributed by atoms with Gasteiger partial charge in [0, 0.05) is 18.4 Å². The van der Waals surface area contributed by atoms with Crippen molar-refractivity contribution >= 4 is 11.9 Å². The van der Waals surface area contributed by atoms with Gasteiger partial charge < -0.3 is 9.64 Å². The van der Waals surface area contributed by atoms with Gasteiger partial charge in [-0.15, -0.1) is 0 Å². The van der Waals surface area contributed by atoms with E-state index in [1.165, 1.54) is 7.11 Å². The topological polar surface area (TPSA) is 59.5 Å². The Morgan fingerprint density at radius 1 is 1.53 bits per heavy atom. The molecule has 1 saturated carbocycles. The van der Waals surface area contributed by atoms with Crippen molar-refractivity contribution in [3.8, 4) is 0 Å². The molecule has 2 rings (SSSR count). The maximum Gasteiger partial charge on any atom is 0.328 e. The van der Waals surface area contributed by atoms with Crippen LogP contribution in [0.3, 0.4) is 0 Å². The molecule has 19 heavy (non-hydrogen) atoms. The van der Waals surface area contributed by atoms with Crippen LogP contribution in [0.1, 0.15) is 25.3 Å². The number of rotatable bonds is 5. The fourth-order valence-electron chi connectivity index (χ4n) is 2.14. The Labute approximate surface area is 112 Å². The van der Waals surface area contributed by atoms with Gasteiger partial charge in [-0.3, -0.25) is 9.78 Å². The summed E-state index contributed by atoms with van der Waals surface area (Å²) in [7, 11) is 1.34. The highest BCUT2D eigenvalue weighted by atomic mass is 16.5. The second kappa shape index (κ2) is 5.82. The number of carbonyl (C=O) groups is 2. The van der Waals surface area contributed by atoms with Crippen molar-refractivity contribution < 1.29 is 14.3 Å². The number of hydrogen-bond acceptors (Lipinski definition) is 4. The Kier molecular flexibility index (Phi) is 4.14. The van der Waals surface area contributed by atoms with Crippen molar-refractivity contribution in [2.45, 2.75) is 38.3 Å². The highest BCUT2D eigenvalue weighted by Crippen LogP contribution is 2.29. The zero-order valence-electron chi connectivity index (χ0n) is 11.2. The molecule has 0 radical (unpaired) electrons. The number of ether oxygens (including phenoxy) is 1. The molecular formula is C14H18N2O3. The standard InChI is InChI=1S/C14H18N2O3/c1-10(14(18)19-2)16(12-5-6-12)13(17)8-11-4-3-7-15-9-11/h3-4,7,9-10,12H,5-6,8H2,1-2H3/t10-/m0/s1. The van der Waals surface area contributed by atoms with Crippen molar-refractivity contribution in [1.82, 2.24) is 9.88 Å². The van der Waals surface area contributed by atoms with Crippen LogP contribution >= 0.6 is 0 Å². The molecule has 1 aromatic rings. The lowest BCUT2D eigenvalue weighted by Gasteiger charge is -2.27. The number of pyridine rings is 1. The molecule has 1 heterocycles. The monoisotopic (exact) mass is 262 g/mol. The first kappa shape index (κ1) is 13.5. The maximum atomic E-state index is 12.3. The zero-order valence-corrected chi connectivity index (χ0v) is 11.2. The van der Waals surface area contributed by atoms with E-state index in [1.807, 2.05) is 6.07 Å². The van der Waals surface area contributed by atoms with Crippen LogP contribution in [-0.4, -0.2) is 41.0 Å². The summed E-state index contributed by atoms with van der Waals surface area (Å²) >= 11 is 0. The third-order valence-electron chi connectivity index (χ3n) is 3.27. The molecule has 0 bridgehead atoms. The van der Waals surface area contributed by atoms with Crippen LogP contribution in [0.4, 0.5) is 0 Å². The van der Waals surface area contributed by atoms with Crippen LogP contribution in [0.15, 0.2) is 24.5 Å². The Morgan fingerprint density at radius 3 is 2.79 bits per heavy atom. The van der Waals surface area contributed by atoms with E-state index in [0.29, 0.717) is 0 Å². The van der Waals surface area contributed by atoms with E-state index in [1.54, 1.807) is 30.3 Å². The van der Waals surface area contributed by atoms with E-state index in [2.05, 4.69) is 4.98 Å². The molecule has 1 aromatic heterocycles. The lowest BCUT2D eigenvalue weighted by molar-refractivity contribution is -0.152. The van der Waals surface area contributed by atoms with E-state index in [9.17, 15) is 9.59 Å². The molecule has 0 spiro atoms. The third-order valence-corrected chi connectivity index (χ3v) is 3.27. The van der Waals surface area contributed by atoms with E-state index >= 15 is 0 Å². The lowest BCUT2D eigenvalue weighted by Crippen LogP contribution is -2.45. The SMILES string of the molecule is COC(=O)[C@H](C)N(C(=O)Cc1cccnc1)C1CC1. The quantitative estimate of drug-likeness (QED) is 0.748. The Balaban J connectivity index is 2.07. The highest BCUT2D eigenvalue weighted by Gasteiger charge is 2.38. The van der Waals surface area contributed by atoms with E-state index in [4.69, 9.17) is 4.74 Å². The summed E-state index contributed by atoms with van der Waals surface area (Å²) in [6.45, 7) is 1.71. The number of carbonyl (C=O) groups excluding carboxylic acids is 2. The normalized spacial score (nSPS) is 15.7. The smallest absolute Gasteiger partial charge is 0.328 e. The first-order valence-corrected chi connectivity index (χ1v) is 6.41. The average Bonchev–Trinajstić information content (AvgIpc) is 3.23. The number of nitrogens with zero attached hydrogens (tertiary/aromatic N) is 2. The van der Waals surface area contributed by atoms with Crippen LogP contribution in [0.5, 0.6) is 0 Å². The summed E-state index contributed by atoms with van der Waals surface area (Å²) < 4.78 is 4.73. The fraction of sp³-hybridized carbons (Fsp3) is 0.500. The van der Waals surface area contributed by atoms with Gasteiger partial charge in [0.2, 0.25) is 5.91 Å². The Morgan fingerprint density at radius 2 is 2.26 bits per heavy atom. The summed E-state index contributed by atoms with van der Waals surface area (Å²) in [6.07, 6.45) is 5.53. The summed E-state index contributed by atoms with van der Waals surface area (Å²) in [6, 6.07) is 3.31. The maximum absolute atomic E-state index is 12.3. The predicted octanol–water partition coefficient (Wildman–Crippen LogP) is 1.18. The third kappa shape index (κ3) is 3.30. The highest BCUT2D eigenvalue weighted by molar-refractivity contribution is 5.86. The molecule has 0 N–H and O–H groups in total. The predicted molar refractivity (Wildman–Crippen MR) is 69.3 cm³/mol. The molecule has 1 atom stereocenters. The fourth-order valence-corrected chi connectivity index (χ4v) is 2.14. The summed E-state index contributed by atoms with van der Waals surface area (Å²) in [5, 5.41) is 0. The number of methoxy groups -OCH3 is 1. The molecule has 0 unspecified atom stereocenters. The number of aromatic nitrogens is 1. The van der Waals surface area contributed by atoms with Crippen LogP contribution in [0.25, 0.3) is 0 Å². The summed E-state index contributed by atoms with van der Waals surface area (Å²) in [5.41, 5.74) is 0.857. The van der Waals surface area contributed by atoms with Gasteiger partial charge in [-0.25, -0.2) is 4.79 Å². The van der Waals surface area contributed by atoms with Crippen LogP contribution in [-0.2, 0) is 20.7 Å². The zero-order chi connectivity index (χ0) is 13.8. The van der Waals surface area contributed by atoms with Gasteiger partial charge >= 0.3 is 5.97 Å². The minimum Gasteiger partial charge on any atom is -0.467 e. The van der Waals surface area contributed by atoms with Gasteiger partial charge in [0.15, 0.2) is 0 Å². The Bertz CT molecular complexity index is 457. The van der Waals surface area contributed by atoms with Gasteiger partial charge in [-0.2, -0.15) is 0 Å². The molecule has 0 aliphatic heterocycles. The molecule has 5 heteroatoms. The number of amides is 1. The number of hydrogen-bond donors (Lipinski definition) is 0. The first-order chi connectivity index (χ1) is 9.13. The van der Waals surface area contributed by atoms with Gasteiger partial charge in [0.05, 0.1) is 13.5 Å². The van der Waals surface area contributed by atoms with Crippen LogP contribution < -0.4 is 0 Å². The average molecular weight is 262 g/mol. The van der Waals surface area contributed by atoms with Crippen molar-refractivity contribution in [2.75, 3.05) is 7.11 Å². The minimum absolute atomic E-state index is 0.0478. The molecule has 102 valence electrons. The van der Waals surface area contributed by atoms with E-state index < -0.39 is 6.04 Å². The molecular weight excluding hydrogens is 244 g/mol. The van der Waals surface area contributed by atoms with Crippen LogP contribution in [0, 0.1) is 0 Å². The summed E-state index contributed by atoms with van der Waals surface area (Å²) in [4.78, 5) is 29.6.